The van der Waals surface area contributed by atoms with Crippen LogP contribution >= 0.6 is 11.6 Å². The molecule has 0 radical (unpaired) electrons. The highest BCUT2D eigenvalue weighted by atomic mass is 35.5. The molecular formula is C19H22ClNO2. The summed E-state index contributed by atoms with van der Waals surface area (Å²) in [5, 5.41) is 4.07. The van der Waals surface area contributed by atoms with E-state index in [4.69, 9.17) is 21.1 Å². The van der Waals surface area contributed by atoms with Gasteiger partial charge in [0.05, 0.1) is 23.9 Å². The lowest BCUT2D eigenvalue weighted by Gasteiger charge is -2.20. The molecule has 3 nitrogen and oxygen atoms in total. The molecule has 0 saturated heterocycles. The van der Waals surface area contributed by atoms with E-state index in [2.05, 4.69) is 32.2 Å². The van der Waals surface area contributed by atoms with E-state index >= 15 is 0 Å². The van der Waals surface area contributed by atoms with Crippen molar-refractivity contribution in [2.24, 2.45) is 0 Å². The van der Waals surface area contributed by atoms with Crippen LogP contribution in [-0.4, -0.2) is 13.2 Å². The first-order valence-electron chi connectivity index (χ1n) is 7.90. The second-order valence-corrected chi connectivity index (χ2v) is 7.19. The van der Waals surface area contributed by atoms with E-state index in [1.165, 1.54) is 5.56 Å². The molecule has 0 bridgehead atoms. The first-order valence-corrected chi connectivity index (χ1v) is 8.28. The molecule has 0 saturated carbocycles. The van der Waals surface area contributed by atoms with Crippen LogP contribution in [-0.2, 0) is 5.41 Å². The first kappa shape index (κ1) is 16.0. The molecule has 2 aromatic carbocycles. The van der Waals surface area contributed by atoms with Crippen LogP contribution < -0.4 is 14.8 Å². The predicted molar refractivity (Wildman–Crippen MR) is 95.5 cm³/mol. The van der Waals surface area contributed by atoms with Crippen molar-refractivity contribution in [3.63, 3.8) is 0 Å². The van der Waals surface area contributed by atoms with Gasteiger partial charge in [-0.15, -0.1) is 0 Å². The van der Waals surface area contributed by atoms with Crippen LogP contribution in [0, 0.1) is 0 Å². The molecule has 1 aliphatic rings. The summed E-state index contributed by atoms with van der Waals surface area (Å²) < 4.78 is 11.4. The van der Waals surface area contributed by atoms with Crippen molar-refractivity contribution in [2.75, 3.05) is 18.5 Å². The molecule has 0 atom stereocenters. The smallest absolute Gasteiger partial charge is 0.163 e. The monoisotopic (exact) mass is 331 g/mol. The number of fused-ring (bicyclic) bond motifs is 1. The maximum atomic E-state index is 6.44. The van der Waals surface area contributed by atoms with Crippen LogP contribution in [0.25, 0.3) is 0 Å². The molecule has 1 heterocycles. The number of ether oxygens (including phenoxy) is 2. The van der Waals surface area contributed by atoms with Crippen molar-refractivity contribution < 1.29 is 9.47 Å². The highest BCUT2D eigenvalue weighted by molar-refractivity contribution is 6.33. The van der Waals surface area contributed by atoms with Gasteiger partial charge < -0.3 is 14.8 Å². The highest BCUT2D eigenvalue weighted by Gasteiger charge is 2.16. The normalized spacial score (nSPS) is 14.3. The van der Waals surface area contributed by atoms with Gasteiger partial charge in [-0.25, -0.2) is 0 Å². The fourth-order valence-corrected chi connectivity index (χ4v) is 2.71. The Labute approximate surface area is 142 Å². The van der Waals surface area contributed by atoms with Crippen LogP contribution in [0.15, 0.2) is 36.4 Å². The maximum absolute atomic E-state index is 6.44. The number of benzene rings is 2. The van der Waals surface area contributed by atoms with Crippen molar-refractivity contribution >= 4 is 23.0 Å². The van der Waals surface area contributed by atoms with Gasteiger partial charge in [0.2, 0.25) is 0 Å². The number of nitrogens with one attached hydrogen (secondary N) is 1. The Bertz CT molecular complexity index is 707. The predicted octanol–water partition coefficient (Wildman–Crippen LogP) is 5.54. The Morgan fingerprint density at radius 1 is 0.957 bits per heavy atom. The van der Waals surface area contributed by atoms with Gasteiger partial charge in [0.1, 0.15) is 0 Å². The summed E-state index contributed by atoms with van der Waals surface area (Å²) in [7, 11) is 0. The van der Waals surface area contributed by atoms with Gasteiger partial charge in [0.25, 0.3) is 0 Å². The molecule has 1 aliphatic heterocycles. The second-order valence-electron chi connectivity index (χ2n) is 6.78. The summed E-state index contributed by atoms with van der Waals surface area (Å²) in [5.41, 5.74) is 3.11. The van der Waals surface area contributed by atoms with E-state index in [9.17, 15) is 0 Å². The lowest BCUT2D eigenvalue weighted by Crippen LogP contribution is -2.10. The largest absolute Gasteiger partial charge is 0.490 e. The van der Waals surface area contributed by atoms with Crippen LogP contribution in [0.4, 0.5) is 11.4 Å². The van der Waals surface area contributed by atoms with Crippen molar-refractivity contribution in [1.29, 1.82) is 0 Å². The summed E-state index contributed by atoms with van der Waals surface area (Å²) in [4.78, 5) is 0. The number of rotatable bonds is 2. The zero-order chi connectivity index (χ0) is 16.4. The molecule has 4 heteroatoms. The Kier molecular flexibility index (Phi) is 4.40. The molecule has 0 spiro atoms. The van der Waals surface area contributed by atoms with E-state index < -0.39 is 0 Å². The molecule has 0 amide bonds. The van der Waals surface area contributed by atoms with Crippen LogP contribution in [0.2, 0.25) is 5.02 Å². The third-order valence-electron chi connectivity index (χ3n) is 3.86. The average Bonchev–Trinajstić information content (AvgIpc) is 2.73. The molecule has 0 fully saturated rings. The minimum atomic E-state index is 0.0808. The summed E-state index contributed by atoms with van der Waals surface area (Å²) in [5.74, 6) is 1.57. The Morgan fingerprint density at radius 2 is 1.70 bits per heavy atom. The molecule has 1 N–H and O–H groups in total. The van der Waals surface area contributed by atoms with Gasteiger partial charge >= 0.3 is 0 Å². The lowest BCUT2D eigenvalue weighted by molar-refractivity contribution is 0.297. The number of hydrogen-bond donors (Lipinski definition) is 1. The van der Waals surface area contributed by atoms with Crippen LogP contribution in [0.1, 0.15) is 32.8 Å². The van der Waals surface area contributed by atoms with E-state index in [-0.39, 0.29) is 5.41 Å². The van der Waals surface area contributed by atoms with E-state index in [0.29, 0.717) is 18.2 Å². The molecule has 23 heavy (non-hydrogen) atoms. The Morgan fingerprint density at radius 3 is 2.39 bits per heavy atom. The van der Waals surface area contributed by atoms with E-state index in [0.717, 1.165) is 29.3 Å². The minimum absolute atomic E-state index is 0.0808. The zero-order valence-corrected chi connectivity index (χ0v) is 14.5. The first-order chi connectivity index (χ1) is 10.9. The SMILES string of the molecule is CC(C)(C)c1ccc(Nc2ccc3c(c2)OCCCO3)c(Cl)c1. The quantitative estimate of drug-likeness (QED) is 0.783. The molecule has 0 aliphatic carbocycles. The van der Waals surface area contributed by atoms with Gasteiger partial charge in [0.15, 0.2) is 11.5 Å². The maximum Gasteiger partial charge on any atom is 0.163 e. The standard InChI is InChI=1S/C19H22ClNO2/c1-19(2,3)13-5-7-16(15(20)11-13)21-14-6-8-17-18(12-14)23-10-4-9-22-17/h5-8,11-12,21H,4,9-10H2,1-3H3. The summed E-state index contributed by atoms with van der Waals surface area (Å²) in [6.45, 7) is 7.90. The molecule has 2 aromatic rings. The van der Waals surface area contributed by atoms with E-state index in [1.54, 1.807) is 0 Å². The van der Waals surface area contributed by atoms with Crippen LogP contribution in [0.3, 0.4) is 0 Å². The fraction of sp³-hybridized carbons (Fsp3) is 0.368. The third kappa shape index (κ3) is 3.73. The topological polar surface area (TPSA) is 30.5 Å². The zero-order valence-electron chi connectivity index (χ0n) is 13.8. The lowest BCUT2D eigenvalue weighted by atomic mass is 9.87. The van der Waals surface area contributed by atoms with Gasteiger partial charge in [-0.3, -0.25) is 0 Å². The fourth-order valence-electron chi connectivity index (χ4n) is 2.48. The van der Waals surface area contributed by atoms with Gasteiger partial charge in [-0.2, -0.15) is 0 Å². The highest BCUT2D eigenvalue weighted by Crippen LogP contribution is 2.35. The Balaban J connectivity index is 1.83. The van der Waals surface area contributed by atoms with Crippen LogP contribution in [0.5, 0.6) is 11.5 Å². The summed E-state index contributed by atoms with van der Waals surface area (Å²) >= 11 is 6.44. The van der Waals surface area contributed by atoms with Gasteiger partial charge in [0, 0.05) is 18.2 Å². The molecule has 0 unspecified atom stereocenters. The Hall–Kier alpha value is -1.87. The van der Waals surface area contributed by atoms with E-state index in [1.807, 2.05) is 30.3 Å². The summed E-state index contributed by atoms with van der Waals surface area (Å²) in [6, 6.07) is 12.0. The number of anilines is 2. The number of halogens is 1. The minimum Gasteiger partial charge on any atom is -0.490 e. The second kappa shape index (κ2) is 6.32. The van der Waals surface area contributed by atoms with Crippen molar-refractivity contribution in [2.45, 2.75) is 32.6 Å². The van der Waals surface area contributed by atoms with Gasteiger partial charge in [-0.05, 0) is 35.2 Å². The molecular weight excluding hydrogens is 310 g/mol. The van der Waals surface area contributed by atoms with Gasteiger partial charge in [-0.1, -0.05) is 38.4 Å². The number of hydrogen-bond acceptors (Lipinski definition) is 3. The van der Waals surface area contributed by atoms with Crippen molar-refractivity contribution in [1.82, 2.24) is 0 Å². The third-order valence-corrected chi connectivity index (χ3v) is 4.17. The molecule has 0 aromatic heterocycles. The average molecular weight is 332 g/mol. The molecule has 3 rings (SSSR count). The van der Waals surface area contributed by atoms with Crippen molar-refractivity contribution in [3.05, 3.63) is 47.0 Å². The molecule has 122 valence electrons. The van der Waals surface area contributed by atoms with Crippen molar-refractivity contribution in [3.8, 4) is 11.5 Å². The summed E-state index contributed by atoms with van der Waals surface area (Å²) in [6.07, 6.45) is 0.900.